The molecular formula is C11H11ClO4. The number of hydrogen-bond acceptors (Lipinski definition) is 3. The summed E-state index contributed by atoms with van der Waals surface area (Å²) >= 11 is 5.85. The lowest BCUT2D eigenvalue weighted by atomic mass is 9.96. The maximum atomic E-state index is 11.2. The maximum Gasteiger partial charge on any atom is 0.336 e. The van der Waals surface area contributed by atoms with Crippen molar-refractivity contribution in [3.8, 4) is 0 Å². The van der Waals surface area contributed by atoms with Crippen molar-refractivity contribution < 1.29 is 19.8 Å². The number of Topliss-reactive ketones (excluding diaryl/α,β-unsaturated/α-hetero) is 1. The third-order valence-corrected chi connectivity index (χ3v) is 2.73. The van der Waals surface area contributed by atoms with Gasteiger partial charge in [0.15, 0.2) is 5.78 Å². The molecule has 0 aliphatic heterocycles. The van der Waals surface area contributed by atoms with Gasteiger partial charge in [0.2, 0.25) is 0 Å². The second-order valence-electron chi connectivity index (χ2n) is 3.31. The molecule has 0 saturated carbocycles. The molecule has 0 spiro atoms. The summed E-state index contributed by atoms with van der Waals surface area (Å²) in [4.78, 5) is 22.1. The zero-order valence-electron chi connectivity index (χ0n) is 8.61. The third-order valence-electron chi connectivity index (χ3n) is 2.21. The van der Waals surface area contributed by atoms with Gasteiger partial charge in [-0.15, -0.1) is 11.6 Å². The van der Waals surface area contributed by atoms with Crippen LogP contribution in [0.1, 0.15) is 33.8 Å². The SMILES string of the molecule is CC(=O)C(Cl)c1c(CO)cccc1C(=O)O. The van der Waals surface area contributed by atoms with Crippen LogP contribution in [-0.4, -0.2) is 22.0 Å². The van der Waals surface area contributed by atoms with Gasteiger partial charge in [0.1, 0.15) is 5.38 Å². The number of aliphatic hydroxyl groups is 1. The van der Waals surface area contributed by atoms with E-state index in [-0.39, 0.29) is 23.5 Å². The number of ketones is 1. The van der Waals surface area contributed by atoms with E-state index in [4.69, 9.17) is 21.8 Å². The molecule has 0 heterocycles. The number of carboxylic acid groups (broad SMARTS) is 1. The van der Waals surface area contributed by atoms with Gasteiger partial charge in [-0.1, -0.05) is 12.1 Å². The van der Waals surface area contributed by atoms with E-state index in [0.29, 0.717) is 5.56 Å². The first-order chi connectivity index (χ1) is 7.49. The van der Waals surface area contributed by atoms with Crippen LogP contribution >= 0.6 is 11.6 Å². The van der Waals surface area contributed by atoms with E-state index < -0.39 is 11.3 Å². The first kappa shape index (κ1) is 12.7. The predicted molar refractivity (Wildman–Crippen MR) is 58.6 cm³/mol. The minimum absolute atomic E-state index is 0.0539. The Balaban J connectivity index is 3.41. The van der Waals surface area contributed by atoms with Crippen molar-refractivity contribution in [3.05, 3.63) is 34.9 Å². The molecule has 4 nitrogen and oxygen atoms in total. The number of alkyl halides is 1. The fourth-order valence-corrected chi connectivity index (χ4v) is 1.70. The summed E-state index contributed by atoms with van der Waals surface area (Å²) in [5.74, 6) is -1.53. The predicted octanol–water partition coefficient (Wildman–Crippen LogP) is 1.75. The average molecular weight is 243 g/mol. The van der Waals surface area contributed by atoms with Gasteiger partial charge in [0.05, 0.1) is 12.2 Å². The molecule has 1 atom stereocenters. The number of carboxylic acids is 1. The van der Waals surface area contributed by atoms with Crippen molar-refractivity contribution >= 4 is 23.4 Å². The van der Waals surface area contributed by atoms with Crippen LogP contribution in [0.3, 0.4) is 0 Å². The van der Waals surface area contributed by atoms with Crippen LogP contribution in [0.15, 0.2) is 18.2 Å². The van der Waals surface area contributed by atoms with Crippen LogP contribution in [0.4, 0.5) is 0 Å². The summed E-state index contributed by atoms with van der Waals surface area (Å²) in [5, 5.41) is 17.0. The first-order valence-corrected chi connectivity index (χ1v) is 5.03. The molecule has 1 aromatic rings. The van der Waals surface area contributed by atoms with E-state index in [1.54, 1.807) is 6.07 Å². The summed E-state index contributed by atoms with van der Waals surface area (Å²) in [6, 6.07) is 4.40. The summed E-state index contributed by atoms with van der Waals surface area (Å²) in [6.07, 6.45) is 0. The monoisotopic (exact) mass is 242 g/mol. The second kappa shape index (κ2) is 5.09. The van der Waals surface area contributed by atoms with Crippen LogP contribution in [0.5, 0.6) is 0 Å². The van der Waals surface area contributed by atoms with E-state index in [1.807, 2.05) is 0 Å². The first-order valence-electron chi connectivity index (χ1n) is 4.59. The lowest BCUT2D eigenvalue weighted by Gasteiger charge is -2.13. The Morgan fingerprint density at radius 3 is 2.50 bits per heavy atom. The van der Waals surface area contributed by atoms with Crippen LogP contribution in [0, 0.1) is 0 Å². The Labute approximate surface area is 97.5 Å². The van der Waals surface area contributed by atoms with Crippen molar-refractivity contribution in [2.45, 2.75) is 18.9 Å². The summed E-state index contributed by atoms with van der Waals surface area (Å²) in [5.41, 5.74) is 0.475. The molecular weight excluding hydrogens is 232 g/mol. The average Bonchev–Trinajstić information content (AvgIpc) is 2.26. The van der Waals surface area contributed by atoms with Crippen molar-refractivity contribution in [1.29, 1.82) is 0 Å². The number of halogens is 1. The lowest BCUT2D eigenvalue weighted by molar-refractivity contribution is -0.116. The van der Waals surface area contributed by atoms with Crippen LogP contribution in [-0.2, 0) is 11.4 Å². The molecule has 0 aliphatic rings. The summed E-state index contributed by atoms with van der Waals surface area (Å²) < 4.78 is 0. The Morgan fingerprint density at radius 1 is 1.44 bits per heavy atom. The topological polar surface area (TPSA) is 74.6 Å². The molecule has 5 heteroatoms. The number of carbonyl (C=O) groups excluding carboxylic acids is 1. The van der Waals surface area contributed by atoms with Crippen LogP contribution in [0.25, 0.3) is 0 Å². The normalized spacial score (nSPS) is 12.2. The van der Waals surface area contributed by atoms with E-state index in [2.05, 4.69) is 0 Å². The highest BCUT2D eigenvalue weighted by molar-refractivity contribution is 6.31. The Kier molecular flexibility index (Phi) is 4.04. The van der Waals surface area contributed by atoms with E-state index in [9.17, 15) is 9.59 Å². The van der Waals surface area contributed by atoms with Gasteiger partial charge in [0, 0.05) is 0 Å². The highest BCUT2D eigenvalue weighted by atomic mass is 35.5. The van der Waals surface area contributed by atoms with Gasteiger partial charge in [-0.25, -0.2) is 4.79 Å². The van der Waals surface area contributed by atoms with E-state index >= 15 is 0 Å². The molecule has 0 aromatic heterocycles. The molecule has 1 unspecified atom stereocenters. The van der Waals surface area contributed by atoms with Crippen molar-refractivity contribution in [2.75, 3.05) is 0 Å². The molecule has 0 bridgehead atoms. The molecule has 1 aromatic carbocycles. The number of hydrogen-bond donors (Lipinski definition) is 2. The Bertz CT molecular complexity index is 428. The fourth-order valence-electron chi connectivity index (χ4n) is 1.44. The molecule has 2 N–H and O–H groups in total. The lowest BCUT2D eigenvalue weighted by Crippen LogP contribution is -2.12. The van der Waals surface area contributed by atoms with Gasteiger partial charge in [0.25, 0.3) is 0 Å². The van der Waals surface area contributed by atoms with Crippen molar-refractivity contribution in [1.82, 2.24) is 0 Å². The standard InChI is InChI=1S/C11H11ClO4/c1-6(14)10(12)9-7(5-13)3-2-4-8(9)11(15)16/h2-4,10,13H,5H2,1H3,(H,15,16). The fraction of sp³-hybridized carbons (Fsp3) is 0.273. The molecule has 0 amide bonds. The molecule has 0 saturated heterocycles. The van der Waals surface area contributed by atoms with Crippen molar-refractivity contribution in [2.24, 2.45) is 0 Å². The number of benzene rings is 1. The summed E-state index contributed by atoms with van der Waals surface area (Å²) in [7, 11) is 0. The van der Waals surface area contributed by atoms with Gasteiger partial charge in [-0.2, -0.15) is 0 Å². The van der Waals surface area contributed by atoms with Gasteiger partial charge in [-0.3, -0.25) is 4.79 Å². The van der Waals surface area contributed by atoms with Crippen LogP contribution in [0.2, 0.25) is 0 Å². The highest BCUT2D eigenvalue weighted by Gasteiger charge is 2.23. The second-order valence-corrected chi connectivity index (χ2v) is 3.75. The molecule has 86 valence electrons. The van der Waals surface area contributed by atoms with Crippen LogP contribution < -0.4 is 0 Å². The number of carbonyl (C=O) groups is 2. The zero-order valence-corrected chi connectivity index (χ0v) is 9.36. The van der Waals surface area contributed by atoms with Gasteiger partial charge >= 0.3 is 5.97 Å². The minimum atomic E-state index is -1.17. The molecule has 0 radical (unpaired) electrons. The number of rotatable bonds is 4. The van der Waals surface area contributed by atoms with Gasteiger partial charge < -0.3 is 10.2 Å². The quantitative estimate of drug-likeness (QED) is 0.789. The molecule has 0 fully saturated rings. The zero-order chi connectivity index (χ0) is 12.3. The Morgan fingerprint density at radius 2 is 2.06 bits per heavy atom. The maximum absolute atomic E-state index is 11.2. The summed E-state index contributed by atoms with van der Waals surface area (Å²) in [6.45, 7) is 0.921. The van der Waals surface area contributed by atoms with Gasteiger partial charge in [-0.05, 0) is 24.1 Å². The number of aromatic carboxylic acids is 1. The molecule has 0 aliphatic carbocycles. The number of aliphatic hydroxyl groups excluding tert-OH is 1. The van der Waals surface area contributed by atoms with E-state index in [1.165, 1.54) is 19.1 Å². The van der Waals surface area contributed by atoms with Crippen molar-refractivity contribution in [3.63, 3.8) is 0 Å². The minimum Gasteiger partial charge on any atom is -0.478 e. The van der Waals surface area contributed by atoms with E-state index in [0.717, 1.165) is 0 Å². The largest absolute Gasteiger partial charge is 0.478 e. The molecule has 16 heavy (non-hydrogen) atoms. The highest BCUT2D eigenvalue weighted by Crippen LogP contribution is 2.28. The smallest absolute Gasteiger partial charge is 0.336 e. The Hall–Kier alpha value is -1.39. The third kappa shape index (κ3) is 2.40. The molecule has 1 rings (SSSR count).